The maximum Gasteiger partial charge on any atom is 0.266 e. The Labute approximate surface area is 240 Å². The van der Waals surface area contributed by atoms with Crippen LogP contribution >= 0.6 is 47.6 Å². The van der Waals surface area contributed by atoms with Crippen molar-refractivity contribution in [2.45, 2.75) is 0 Å². The number of hydrogen-bond acceptors (Lipinski definition) is 5. The molecule has 0 amide bonds. The highest BCUT2D eigenvalue weighted by Gasteiger charge is 2.11. The molecule has 0 radical (unpaired) electrons. The lowest BCUT2D eigenvalue weighted by Gasteiger charge is -2.11. The number of nitrogens with zero attached hydrogens (tertiary/aromatic N) is 2. The third kappa shape index (κ3) is 4.70. The highest BCUT2D eigenvalue weighted by atomic mass is 35.5. The van der Waals surface area contributed by atoms with Crippen LogP contribution in [0.25, 0.3) is 33.2 Å². The molecular weight excluding hydrogens is 575 g/mol. The molecule has 0 bridgehead atoms. The minimum absolute atomic E-state index is 0.250. The van der Waals surface area contributed by atoms with Crippen molar-refractivity contribution in [3.05, 3.63) is 125 Å². The largest absolute Gasteiger partial charge is 0.457 e. The van der Waals surface area contributed by atoms with Crippen LogP contribution in [0.15, 0.2) is 94.5 Å². The minimum atomic E-state index is -0.250. The summed E-state index contributed by atoms with van der Waals surface area (Å²) in [6.07, 6.45) is 0. The number of aromatic nitrogens is 4. The van der Waals surface area contributed by atoms with Crippen molar-refractivity contribution in [2.75, 3.05) is 0 Å². The highest BCUT2D eigenvalue weighted by molar-refractivity contribution is 7.71. The lowest BCUT2D eigenvalue weighted by atomic mass is 10.2. The lowest BCUT2D eigenvalue weighted by Crippen LogP contribution is -2.20. The van der Waals surface area contributed by atoms with E-state index < -0.39 is 0 Å². The summed E-state index contributed by atoms with van der Waals surface area (Å²) in [5.74, 6) is 1.11. The monoisotopic (exact) mass is 590 g/mol. The molecule has 0 spiro atoms. The van der Waals surface area contributed by atoms with Gasteiger partial charge in [-0.05, 0) is 109 Å². The molecule has 6 rings (SSSR count). The van der Waals surface area contributed by atoms with Crippen LogP contribution in [0.2, 0.25) is 10.0 Å². The van der Waals surface area contributed by atoms with Gasteiger partial charge in [0.1, 0.15) is 11.5 Å². The molecule has 0 fully saturated rings. The molecule has 7 nitrogen and oxygen atoms in total. The minimum Gasteiger partial charge on any atom is -0.457 e. The van der Waals surface area contributed by atoms with Crippen LogP contribution in [-0.2, 0) is 0 Å². The average molecular weight is 592 g/mol. The van der Waals surface area contributed by atoms with Gasteiger partial charge in [-0.2, -0.15) is 0 Å². The zero-order valence-corrected chi connectivity index (χ0v) is 22.9. The molecule has 39 heavy (non-hydrogen) atoms. The Morgan fingerprint density at radius 2 is 0.974 bits per heavy atom. The molecule has 2 heterocycles. The second kappa shape index (κ2) is 9.94. The predicted octanol–water partition coefficient (Wildman–Crippen LogP) is 7.51. The summed E-state index contributed by atoms with van der Waals surface area (Å²) in [5.41, 5.74) is 1.83. The topological polar surface area (TPSA) is 84.8 Å². The summed E-state index contributed by atoms with van der Waals surface area (Å²) in [5, 5.41) is 1.97. The van der Waals surface area contributed by atoms with Crippen molar-refractivity contribution >= 4 is 69.4 Å². The van der Waals surface area contributed by atoms with E-state index in [1.807, 2.05) is 0 Å². The van der Waals surface area contributed by atoms with Crippen molar-refractivity contribution in [2.24, 2.45) is 0 Å². The molecule has 11 heteroatoms. The van der Waals surface area contributed by atoms with Crippen LogP contribution in [0, 0.1) is 9.54 Å². The predicted molar refractivity (Wildman–Crippen MR) is 160 cm³/mol. The Morgan fingerprint density at radius 1 is 0.590 bits per heavy atom. The fraction of sp³-hybridized carbons (Fsp3) is 0. The molecule has 0 saturated heterocycles. The highest BCUT2D eigenvalue weighted by Crippen LogP contribution is 2.25. The molecule has 0 aliphatic rings. The first kappa shape index (κ1) is 25.3. The van der Waals surface area contributed by atoms with E-state index in [0.29, 0.717) is 54.7 Å². The lowest BCUT2D eigenvalue weighted by molar-refractivity contribution is 0.482. The molecule has 4 aromatic carbocycles. The first-order chi connectivity index (χ1) is 18.8. The number of ether oxygens (including phenoxy) is 1. The van der Waals surface area contributed by atoms with Crippen molar-refractivity contribution in [3.8, 4) is 22.9 Å². The number of halogens is 2. The van der Waals surface area contributed by atoms with Gasteiger partial charge in [0.05, 0.1) is 33.2 Å². The molecule has 2 aromatic heterocycles. The molecule has 192 valence electrons. The van der Waals surface area contributed by atoms with E-state index in [4.69, 9.17) is 52.4 Å². The van der Waals surface area contributed by atoms with Gasteiger partial charge in [-0.15, -0.1) is 0 Å². The van der Waals surface area contributed by atoms with Gasteiger partial charge >= 0.3 is 0 Å². The number of hydrogen-bond donors (Lipinski definition) is 2. The quantitative estimate of drug-likeness (QED) is 0.207. The summed E-state index contributed by atoms with van der Waals surface area (Å²) in [4.78, 5) is 32.3. The third-order valence-corrected chi connectivity index (χ3v) is 7.18. The van der Waals surface area contributed by atoms with Crippen LogP contribution in [0.4, 0.5) is 0 Å². The molecular formula is C28H16Cl2N4O3S2. The number of aromatic amines is 2. The van der Waals surface area contributed by atoms with Gasteiger partial charge in [-0.3, -0.25) is 18.7 Å². The van der Waals surface area contributed by atoms with Crippen LogP contribution in [0.3, 0.4) is 0 Å². The van der Waals surface area contributed by atoms with E-state index in [1.165, 1.54) is 9.13 Å². The number of H-pyrrole nitrogens is 2. The number of benzene rings is 4. The Hall–Kier alpha value is -4.02. The van der Waals surface area contributed by atoms with E-state index in [0.717, 1.165) is 0 Å². The van der Waals surface area contributed by atoms with Gasteiger partial charge in [0.25, 0.3) is 11.1 Å². The molecule has 0 unspecified atom stereocenters. The van der Waals surface area contributed by atoms with Gasteiger partial charge in [0, 0.05) is 10.0 Å². The Morgan fingerprint density at radius 3 is 1.36 bits per heavy atom. The third-order valence-electron chi connectivity index (χ3n) is 6.15. The van der Waals surface area contributed by atoms with Crippen LogP contribution in [-0.4, -0.2) is 19.1 Å². The number of fused-ring (bicyclic) bond motifs is 2. The first-order valence-corrected chi connectivity index (χ1v) is 13.1. The van der Waals surface area contributed by atoms with Crippen LogP contribution < -0.4 is 15.9 Å². The van der Waals surface area contributed by atoms with Crippen LogP contribution in [0.5, 0.6) is 11.5 Å². The second-order valence-electron chi connectivity index (χ2n) is 8.61. The molecule has 0 aliphatic carbocycles. The second-order valence-corrected chi connectivity index (χ2v) is 10.3. The van der Waals surface area contributed by atoms with Gasteiger partial charge in [0.2, 0.25) is 0 Å². The maximum atomic E-state index is 13.1. The van der Waals surface area contributed by atoms with Crippen molar-refractivity contribution in [3.63, 3.8) is 0 Å². The van der Waals surface area contributed by atoms with Crippen molar-refractivity contribution in [1.82, 2.24) is 19.1 Å². The first-order valence-electron chi connectivity index (χ1n) is 11.6. The average Bonchev–Trinajstić information content (AvgIpc) is 2.90. The van der Waals surface area contributed by atoms with Gasteiger partial charge < -0.3 is 14.7 Å². The van der Waals surface area contributed by atoms with E-state index >= 15 is 0 Å². The van der Waals surface area contributed by atoms with Gasteiger partial charge in [0.15, 0.2) is 9.54 Å². The summed E-state index contributed by atoms with van der Waals surface area (Å²) in [6.45, 7) is 0. The summed E-state index contributed by atoms with van der Waals surface area (Å²) in [7, 11) is 0. The van der Waals surface area contributed by atoms with Crippen LogP contribution in [0.1, 0.15) is 0 Å². The van der Waals surface area contributed by atoms with Crippen molar-refractivity contribution < 1.29 is 4.74 Å². The zero-order chi connectivity index (χ0) is 27.3. The summed E-state index contributed by atoms with van der Waals surface area (Å²) >= 11 is 22.9. The Kier molecular flexibility index (Phi) is 6.44. The number of nitrogens with one attached hydrogen (secondary N) is 2. The molecule has 0 saturated carbocycles. The normalized spacial score (nSPS) is 11.2. The Bertz CT molecular complexity index is 1990. The SMILES string of the molecule is O=c1c2ccc(Cl)cc2[nH]c(=S)n1-c1ccc(Oc2ccc(-n3c(=S)[nH]c4cc(Cl)ccc4c3=O)cc2)cc1. The van der Waals surface area contributed by atoms with Crippen molar-refractivity contribution in [1.29, 1.82) is 0 Å². The fourth-order valence-corrected chi connectivity index (χ4v) is 5.25. The molecule has 2 N–H and O–H groups in total. The maximum absolute atomic E-state index is 13.1. The zero-order valence-electron chi connectivity index (χ0n) is 19.8. The molecule has 0 atom stereocenters. The fourth-order valence-electron chi connectivity index (χ4n) is 4.31. The standard InChI is InChI=1S/C28H16Cl2N4O3S2/c29-15-1-11-21-23(13-15)31-27(38)33(25(21)35)17-3-7-19(8-4-17)37-20-9-5-18(6-10-20)34-26(36)22-12-2-16(30)14-24(22)32-28(34)39/h1-14H,(H,31,38)(H,32,39). The molecule has 0 aliphatic heterocycles. The van der Waals surface area contributed by atoms with E-state index in [2.05, 4.69) is 9.97 Å². The summed E-state index contributed by atoms with van der Waals surface area (Å²) in [6, 6.07) is 23.9. The van der Waals surface area contributed by atoms with Gasteiger partial charge in [-0.25, -0.2) is 0 Å². The Balaban J connectivity index is 1.27. The molecule has 6 aromatic rings. The van der Waals surface area contributed by atoms with Gasteiger partial charge in [-0.1, -0.05) is 23.2 Å². The van der Waals surface area contributed by atoms with E-state index in [-0.39, 0.29) is 20.7 Å². The summed E-state index contributed by atoms with van der Waals surface area (Å²) < 4.78 is 9.32. The van der Waals surface area contributed by atoms with E-state index in [9.17, 15) is 9.59 Å². The number of rotatable bonds is 4. The van der Waals surface area contributed by atoms with E-state index in [1.54, 1.807) is 84.9 Å². The smallest absolute Gasteiger partial charge is 0.266 e.